The third-order valence-electron chi connectivity index (χ3n) is 8.36. The van der Waals surface area contributed by atoms with Gasteiger partial charge in [0.2, 0.25) is 23.6 Å². The smallest absolute Gasteiger partial charge is 0.226 e. The van der Waals surface area contributed by atoms with Crippen LogP contribution in [0.5, 0.6) is 0 Å². The Balaban J connectivity index is 1.13. The molecule has 43 heavy (non-hydrogen) atoms. The lowest BCUT2D eigenvalue weighted by Crippen LogP contribution is -2.37. The Morgan fingerprint density at radius 2 is 1.21 bits per heavy atom. The molecule has 0 bridgehead atoms. The third-order valence-corrected chi connectivity index (χ3v) is 8.36. The van der Waals surface area contributed by atoms with Crippen LogP contribution in [0.25, 0.3) is 22.5 Å². The first-order valence-corrected chi connectivity index (χ1v) is 15.3. The lowest BCUT2D eigenvalue weighted by atomic mass is 10.1. The number of carbonyl (C=O) groups excluding carboxylic acids is 4. The molecule has 10 nitrogen and oxygen atoms in total. The molecular formula is C33H40N6O4. The number of hydrogen-bond donors (Lipinski definition) is 3. The van der Waals surface area contributed by atoms with Crippen molar-refractivity contribution in [3.8, 4) is 22.5 Å². The van der Waals surface area contributed by atoms with E-state index in [1.54, 1.807) is 0 Å². The highest BCUT2D eigenvalue weighted by Crippen LogP contribution is 2.27. The number of anilines is 2. The van der Waals surface area contributed by atoms with Crippen LogP contribution in [-0.4, -0.2) is 68.8 Å². The van der Waals surface area contributed by atoms with Crippen molar-refractivity contribution in [2.45, 2.75) is 77.3 Å². The van der Waals surface area contributed by atoms with Gasteiger partial charge in [0.25, 0.3) is 0 Å². The number of hydrogen-bond acceptors (Lipinski definition) is 5. The lowest BCUT2D eigenvalue weighted by Gasteiger charge is -2.23. The van der Waals surface area contributed by atoms with E-state index in [1.807, 2.05) is 78.2 Å². The first-order valence-electron chi connectivity index (χ1n) is 15.3. The monoisotopic (exact) mass is 584 g/mol. The second-order valence-electron chi connectivity index (χ2n) is 11.3. The molecule has 4 amide bonds. The maximum Gasteiger partial charge on any atom is 0.226 e. The minimum atomic E-state index is -0.0950. The van der Waals surface area contributed by atoms with Gasteiger partial charge in [-0.2, -0.15) is 5.10 Å². The van der Waals surface area contributed by atoms with Gasteiger partial charge in [0.1, 0.15) is 0 Å². The lowest BCUT2D eigenvalue weighted by molar-refractivity contribution is -0.133. The van der Waals surface area contributed by atoms with E-state index < -0.39 is 0 Å². The maximum absolute atomic E-state index is 12.6. The second kappa shape index (κ2) is 13.7. The Morgan fingerprint density at radius 1 is 0.744 bits per heavy atom. The van der Waals surface area contributed by atoms with Crippen molar-refractivity contribution >= 4 is 35.0 Å². The van der Waals surface area contributed by atoms with Gasteiger partial charge >= 0.3 is 0 Å². The van der Waals surface area contributed by atoms with Gasteiger partial charge in [-0.05, 0) is 61.6 Å². The van der Waals surface area contributed by atoms with Crippen LogP contribution in [-0.2, 0) is 19.2 Å². The molecule has 2 aromatic carbocycles. The second-order valence-corrected chi connectivity index (χ2v) is 11.3. The van der Waals surface area contributed by atoms with Crippen LogP contribution in [0, 0.1) is 0 Å². The predicted octanol–water partition coefficient (Wildman–Crippen LogP) is 5.20. The maximum atomic E-state index is 12.6. The average Bonchev–Trinajstić information content (AvgIpc) is 3.79. The van der Waals surface area contributed by atoms with Gasteiger partial charge in [-0.1, -0.05) is 38.1 Å². The van der Waals surface area contributed by atoms with Gasteiger partial charge in [-0.3, -0.25) is 24.3 Å². The largest absolute Gasteiger partial charge is 0.339 e. The zero-order valence-corrected chi connectivity index (χ0v) is 24.9. The van der Waals surface area contributed by atoms with E-state index in [9.17, 15) is 19.2 Å². The Bertz CT molecular complexity index is 1340. The zero-order chi connectivity index (χ0) is 30.3. The molecule has 0 spiro atoms. The SMILES string of the molecule is CCC(=O)N1CCC[C@H]1CC(=O)Nc1ccc(-c2cc(-c3ccc(NC(=O)C[C@@H]4CCCN4C(=O)CC)cc3)[nH]n2)cc1. The van der Waals surface area contributed by atoms with Crippen LogP contribution in [0.15, 0.2) is 54.6 Å². The van der Waals surface area contributed by atoms with Crippen LogP contribution in [0.3, 0.4) is 0 Å². The molecule has 2 aliphatic rings. The molecular weight excluding hydrogens is 544 g/mol. The van der Waals surface area contributed by atoms with E-state index in [-0.39, 0.29) is 35.7 Å². The predicted molar refractivity (Wildman–Crippen MR) is 166 cm³/mol. The number of H-pyrrole nitrogens is 1. The molecule has 2 saturated heterocycles. The van der Waals surface area contributed by atoms with Gasteiger partial charge in [0.05, 0.1) is 11.4 Å². The van der Waals surface area contributed by atoms with E-state index in [0.29, 0.717) is 37.1 Å². The van der Waals surface area contributed by atoms with Gasteiger partial charge < -0.3 is 20.4 Å². The summed E-state index contributed by atoms with van der Waals surface area (Å²) in [5.74, 6) is 0.0230. The van der Waals surface area contributed by atoms with Crippen molar-refractivity contribution in [1.29, 1.82) is 0 Å². The Labute approximate surface area is 252 Å². The summed E-state index contributed by atoms with van der Waals surface area (Å²) < 4.78 is 0. The van der Waals surface area contributed by atoms with E-state index in [1.165, 1.54) is 0 Å². The van der Waals surface area contributed by atoms with Crippen molar-refractivity contribution in [3.05, 3.63) is 54.6 Å². The standard InChI is InChI=1S/C33H40N6O4/c1-3-32(42)38-17-5-7-26(38)19-30(40)34-24-13-9-22(10-14-24)28-21-29(37-36-28)23-11-15-25(16-12-23)35-31(41)20-27-8-6-18-39(27)33(43)4-2/h9-16,21,26-27H,3-8,17-20H2,1-2H3,(H,34,40)(H,35,41)(H,36,37)/t26-,27-/m0/s1. The van der Waals surface area contributed by atoms with E-state index in [0.717, 1.165) is 61.3 Å². The van der Waals surface area contributed by atoms with Gasteiger partial charge in [0.15, 0.2) is 0 Å². The molecule has 3 aromatic rings. The number of nitrogens with one attached hydrogen (secondary N) is 3. The molecule has 0 saturated carbocycles. The molecule has 0 radical (unpaired) electrons. The van der Waals surface area contributed by atoms with Crippen LogP contribution in [0.2, 0.25) is 0 Å². The molecule has 1 aromatic heterocycles. The summed E-state index contributed by atoms with van der Waals surface area (Å²) in [6.45, 7) is 5.16. The molecule has 226 valence electrons. The number of rotatable bonds is 10. The summed E-state index contributed by atoms with van der Waals surface area (Å²) >= 11 is 0. The van der Waals surface area contributed by atoms with E-state index in [4.69, 9.17) is 0 Å². The number of benzene rings is 2. The normalized spacial score (nSPS) is 18.1. The highest BCUT2D eigenvalue weighted by Gasteiger charge is 2.30. The molecule has 0 aliphatic carbocycles. The average molecular weight is 585 g/mol. The van der Waals surface area contributed by atoms with Crippen molar-refractivity contribution in [3.63, 3.8) is 0 Å². The molecule has 5 rings (SSSR count). The Hall–Kier alpha value is -4.47. The van der Waals surface area contributed by atoms with Crippen molar-refractivity contribution in [2.75, 3.05) is 23.7 Å². The molecule has 2 fully saturated rings. The fraction of sp³-hybridized carbons (Fsp3) is 0.424. The van der Waals surface area contributed by atoms with Crippen LogP contribution in [0.4, 0.5) is 11.4 Å². The summed E-state index contributed by atoms with van der Waals surface area (Å²) in [6, 6.07) is 17.0. The van der Waals surface area contributed by atoms with Crippen LogP contribution in [0.1, 0.15) is 65.2 Å². The number of carbonyl (C=O) groups is 4. The molecule has 3 N–H and O–H groups in total. The number of likely N-dealkylation sites (tertiary alicyclic amines) is 2. The molecule has 2 atom stereocenters. The van der Waals surface area contributed by atoms with Gasteiger partial charge in [-0.25, -0.2) is 0 Å². The first kappa shape index (κ1) is 30.0. The van der Waals surface area contributed by atoms with Crippen LogP contribution < -0.4 is 10.6 Å². The van der Waals surface area contributed by atoms with Gasteiger partial charge in [0, 0.05) is 67.8 Å². The quantitative estimate of drug-likeness (QED) is 0.302. The Morgan fingerprint density at radius 3 is 1.67 bits per heavy atom. The number of amides is 4. The first-order chi connectivity index (χ1) is 20.8. The number of aromatic nitrogens is 2. The fourth-order valence-electron chi connectivity index (χ4n) is 6.09. The highest BCUT2D eigenvalue weighted by atomic mass is 16.2. The van der Waals surface area contributed by atoms with Crippen LogP contribution >= 0.6 is 0 Å². The van der Waals surface area contributed by atoms with Crippen molar-refractivity contribution in [2.24, 2.45) is 0 Å². The number of aromatic amines is 1. The molecule has 10 heteroatoms. The minimum Gasteiger partial charge on any atom is -0.339 e. The fourth-order valence-corrected chi connectivity index (χ4v) is 6.09. The Kier molecular flexibility index (Phi) is 9.54. The van der Waals surface area contributed by atoms with Gasteiger partial charge in [-0.15, -0.1) is 0 Å². The van der Waals surface area contributed by atoms with Crippen molar-refractivity contribution < 1.29 is 19.2 Å². The summed E-state index contributed by atoms with van der Waals surface area (Å²) in [5.41, 5.74) is 4.85. The summed E-state index contributed by atoms with van der Waals surface area (Å²) in [4.78, 5) is 53.2. The van der Waals surface area contributed by atoms with E-state index >= 15 is 0 Å². The van der Waals surface area contributed by atoms with Crippen molar-refractivity contribution in [1.82, 2.24) is 20.0 Å². The summed E-state index contributed by atoms with van der Waals surface area (Å²) in [7, 11) is 0. The zero-order valence-electron chi connectivity index (χ0n) is 24.9. The minimum absolute atomic E-state index is 0.0270. The topological polar surface area (TPSA) is 127 Å². The molecule has 2 aliphatic heterocycles. The number of nitrogens with zero attached hydrogens (tertiary/aromatic N) is 3. The van der Waals surface area contributed by atoms with E-state index in [2.05, 4.69) is 20.8 Å². The molecule has 0 unspecified atom stereocenters. The highest BCUT2D eigenvalue weighted by molar-refractivity contribution is 5.92. The summed E-state index contributed by atoms with van der Waals surface area (Å²) in [6.07, 6.45) is 5.12. The third kappa shape index (κ3) is 7.31. The summed E-state index contributed by atoms with van der Waals surface area (Å²) in [5, 5.41) is 13.4. The molecule has 3 heterocycles.